The van der Waals surface area contributed by atoms with Crippen LogP contribution in [0.25, 0.3) is 5.52 Å². The monoisotopic (exact) mass is 356 g/mol. The van der Waals surface area contributed by atoms with Gasteiger partial charge in [-0.05, 0) is 25.0 Å². The second kappa shape index (κ2) is 7.30. The Balaban J connectivity index is 1.95. The van der Waals surface area contributed by atoms with E-state index in [1.165, 1.54) is 13.4 Å². The van der Waals surface area contributed by atoms with Gasteiger partial charge in [-0.2, -0.15) is 5.10 Å². The topological polar surface area (TPSA) is 98.0 Å². The Hall–Kier alpha value is -3.29. The molecule has 136 valence electrons. The summed E-state index contributed by atoms with van der Waals surface area (Å²) >= 11 is 0. The number of carbonyl (C=O) groups is 1. The summed E-state index contributed by atoms with van der Waals surface area (Å²) < 4.78 is 11.2. The third-order valence-corrected chi connectivity index (χ3v) is 4.01. The number of aromatic nitrogens is 3. The first-order chi connectivity index (χ1) is 12.5. The zero-order chi connectivity index (χ0) is 18.7. The average Bonchev–Trinajstić information content (AvgIpc) is 2.94. The minimum absolute atomic E-state index is 0.240. The van der Waals surface area contributed by atoms with Crippen LogP contribution in [0.5, 0.6) is 11.5 Å². The van der Waals surface area contributed by atoms with Crippen molar-refractivity contribution in [2.45, 2.75) is 26.7 Å². The summed E-state index contributed by atoms with van der Waals surface area (Å²) in [4.78, 5) is 15.6. The van der Waals surface area contributed by atoms with Crippen molar-refractivity contribution in [3.63, 3.8) is 0 Å². The summed E-state index contributed by atoms with van der Waals surface area (Å²) in [6.07, 6.45) is 3.94. The van der Waals surface area contributed by atoms with Gasteiger partial charge >= 0.3 is 6.16 Å². The lowest BCUT2D eigenvalue weighted by Gasteiger charge is -2.10. The molecule has 0 amide bonds. The Morgan fingerprint density at radius 1 is 1.38 bits per heavy atom. The van der Waals surface area contributed by atoms with Crippen LogP contribution in [0.15, 0.2) is 30.7 Å². The maximum absolute atomic E-state index is 11.4. The number of nitrogens with one attached hydrogen (secondary N) is 1. The van der Waals surface area contributed by atoms with Crippen LogP contribution in [0, 0.1) is 6.92 Å². The SMILES string of the molecule is CCCc1ccc(Nc2ncnn3cc(OC(=O)OC)c(C)c23)cc1O. The summed E-state index contributed by atoms with van der Waals surface area (Å²) in [5, 5.41) is 17.5. The van der Waals surface area contributed by atoms with E-state index in [1.807, 2.05) is 12.1 Å². The first kappa shape index (κ1) is 17.5. The van der Waals surface area contributed by atoms with Crippen molar-refractivity contribution in [1.29, 1.82) is 0 Å². The summed E-state index contributed by atoms with van der Waals surface area (Å²) in [5.74, 6) is 1.10. The molecule has 26 heavy (non-hydrogen) atoms. The highest BCUT2D eigenvalue weighted by Gasteiger charge is 2.17. The van der Waals surface area contributed by atoms with Crippen LogP contribution in [0.4, 0.5) is 16.3 Å². The molecule has 0 unspecified atom stereocenters. The molecule has 0 spiro atoms. The Labute approximate surface area is 150 Å². The van der Waals surface area contributed by atoms with E-state index in [2.05, 4.69) is 27.1 Å². The molecule has 3 rings (SSSR count). The highest BCUT2D eigenvalue weighted by Crippen LogP contribution is 2.31. The number of rotatable bonds is 5. The third kappa shape index (κ3) is 3.39. The maximum atomic E-state index is 11.4. The van der Waals surface area contributed by atoms with Gasteiger partial charge in [0.1, 0.15) is 17.6 Å². The van der Waals surface area contributed by atoms with Gasteiger partial charge < -0.3 is 19.9 Å². The minimum atomic E-state index is -0.803. The molecular formula is C18H20N4O4. The molecule has 8 nitrogen and oxygen atoms in total. The van der Waals surface area contributed by atoms with Crippen molar-refractivity contribution < 1.29 is 19.4 Å². The zero-order valence-corrected chi connectivity index (χ0v) is 14.8. The minimum Gasteiger partial charge on any atom is -0.508 e. The zero-order valence-electron chi connectivity index (χ0n) is 14.8. The lowest BCUT2D eigenvalue weighted by atomic mass is 10.1. The maximum Gasteiger partial charge on any atom is 0.513 e. The van der Waals surface area contributed by atoms with Crippen molar-refractivity contribution in [3.05, 3.63) is 41.9 Å². The number of fused-ring (bicyclic) bond motifs is 1. The van der Waals surface area contributed by atoms with Gasteiger partial charge in [0.15, 0.2) is 11.6 Å². The molecule has 0 aliphatic rings. The molecule has 2 N–H and O–H groups in total. The summed E-state index contributed by atoms with van der Waals surface area (Å²) in [6, 6.07) is 5.43. The van der Waals surface area contributed by atoms with Crippen molar-refractivity contribution in [2.24, 2.45) is 0 Å². The molecule has 0 fully saturated rings. The molecule has 8 heteroatoms. The number of aryl methyl sites for hydroxylation is 2. The fourth-order valence-corrected chi connectivity index (χ4v) is 2.72. The number of nitrogens with zero attached hydrogens (tertiary/aromatic N) is 3. The van der Waals surface area contributed by atoms with Crippen LogP contribution in [0.1, 0.15) is 24.5 Å². The number of phenols is 1. The number of aromatic hydroxyl groups is 1. The van der Waals surface area contributed by atoms with Crippen LogP contribution in [-0.4, -0.2) is 33.0 Å². The van der Waals surface area contributed by atoms with E-state index in [0.29, 0.717) is 28.3 Å². The molecule has 0 aliphatic heterocycles. The summed E-state index contributed by atoms with van der Waals surface area (Å²) in [6.45, 7) is 3.86. The molecule has 0 saturated carbocycles. The van der Waals surface area contributed by atoms with Crippen LogP contribution in [0.2, 0.25) is 0 Å². The number of phenolic OH excluding ortho intramolecular Hbond substituents is 1. The molecule has 0 aliphatic carbocycles. The quantitative estimate of drug-likeness (QED) is 0.674. The van der Waals surface area contributed by atoms with Gasteiger partial charge in [0, 0.05) is 17.3 Å². The van der Waals surface area contributed by atoms with Crippen molar-refractivity contribution in [1.82, 2.24) is 14.6 Å². The molecule has 2 aromatic heterocycles. The molecule has 2 heterocycles. The molecule has 3 aromatic rings. The first-order valence-electron chi connectivity index (χ1n) is 8.21. The Kier molecular flexibility index (Phi) is 4.92. The normalized spacial score (nSPS) is 10.7. The number of ether oxygens (including phenoxy) is 2. The Morgan fingerprint density at radius 3 is 2.88 bits per heavy atom. The van der Waals surface area contributed by atoms with Crippen LogP contribution < -0.4 is 10.1 Å². The van der Waals surface area contributed by atoms with E-state index in [4.69, 9.17) is 4.74 Å². The van der Waals surface area contributed by atoms with Gasteiger partial charge in [-0.15, -0.1) is 0 Å². The largest absolute Gasteiger partial charge is 0.513 e. The van der Waals surface area contributed by atoms with Crippen LogP contribution in [0.3, 0.4) is 0 Å². The number of anilines is 2. The lowest BCUT2D eigenvalue weighted by Crippen LogP contribution is -2.07. The number of benzene rings is 1. The number of hydrogen-bond acceptors (Lipinski definition) is 7. The van der Waals surface area contributed by atoms with E-state index in [-0.39, 0.29) is 5.75 Å². The van der Waals surface area contributed by atoms with Crippen molar-refractivity contribution in [3.8, 4) is 11.5 Å². The van der Waals surface area contributed by atoms with Gasteiger partial charge in [0.25, 0.3) is 0 Å². The molecule has 0 saturated heterocycles. The molecule has 1 aromatic carbocycles. The Bertz CT molecular complexity index is 952. The van der Waals surface area contributed by atoms with Gasteiger partial charge in [0.05, 0.1) is 13.3 Å². The third-order valence-electron chi connectivity index (χ3n) is 4.01. The van der Waals surface area contributed by atoms with E-state index in [9.17, 15) is 9.90 Å². The highest BCUT2D eigenvalue weighted by molar-refractivity contribution is 5.80. The number of carbonyl (C=O) groups excluding carboxylic acids is 1. The van der Waals surface area contributed by atoms with Crippen molar-refractivity contribution in [2.75, 3.05) is 12.4 Å². The van der Waals surface area contributed by atoms with E-state index in [1.54, 1.807) is 23.7 Å². The average molecular weight is 356 g/mol. The van der Waals surface area contributed by atoms with Gasteiger partial charge in [-0.3, -0.25) is 0 Å². The predicted octanol–water partition coefficient (Wildman–Crippen LogP) is 3.58. The summed E-state index contributed by atoms with van der Waals surface area (Å²) in [5.41, 5.74) is 2.94. The molecule has 0 radical (unpaired) electrons. The van der Waals surface area contributed by atoms with Gasteiger partial charge in [-0.1, -0.05) is 19.4 Å². The smallest absolute Gasteiger partial charge is 0.508 e. The molecular weight excluding hydrogens is 336 g/mol. The standard InChI is InChI=1S/C18H20N4O4/c1-4-5-12-6-7-13(8-14(12)23)21-17-16-11(2)15(26-18(24)25-3)9-22(16)20-10-19-17/h6-10,23H,4-5H2,1-3H3,(H,19,20,21). The van der Waals surface area contributed by atoms with E-state index < -0.39 is 6.16 Å². The fourth-order valence-electron chi connectivity index (χ4n) is 2.72. The number of methoxy groups -OCH3 is 1. The predicted molar refractivity (Wildman–Crippen MR) is 96.1 cm³/mol. The van der Waals surface area contributed by atoms with Crippen LogP contribution in [-0.2, 0) is 11.2 Å². The number of hydrogen-bond donors (Lipinski definition) is 2. The Morgan fingerprint density at radius 2 is 2.19 bits per heavy atom. The lowest BCUT2D eigenvalue weighted by molar-refractivity contribution is 0.121. The highest BCUT2D eigenvalue weighted by atomic mass is 16.7. The van der Waals surface area contributed by atoms with Crippen LogP contribution >= 0.6 is 0 Å². The summed E-state index contributed by atoms with van der Waals surface area (Å²) in [7, 11) is 1.24. The van der Waals surface area contributed by atoms with E-state index >= 15 is 0 Å². The van der Waals surface area contributed by atoms with Crippen molar-refractivity contribution >= 4 is 23.2 Å². The second-order valence-corrected chi connectivity index (χ2v) is 5.79. The van der Waals surface area contributed by atoms with Gasteiger partial charge in [-0.25, -0.2) is 14.3 Å². The van der Waals surface area contributed by atoms with E-state index in [0.717, 1.165) is 18.4 Å². The fraction of sp³-hybridized carbons (Fsp3) is 0.278. The molecule has 0 bridgehead atoms. The molecule has 0 atom stereocenters. The van der Waals surface area contributed by atoms with Gasteiger partial charge in [0.2, 0.25) is 0 Å². The second-order valence-electron chi connectivity index (χ2n) is 5.79. The first-order valence-corrected chi connectivity index (χ1v) is 8.21.